The van der Waals surface area contributed by atoms with Crippen molar-refractivity contribution >= 4 is 34.6 Å². The number of H-pyrrole nitrogens is 1. The van der Waals surface area contributed by atoms with E-state index in [1.807, 2.05) is 0 Å². The monoisotopic (exact) mass is 420 g/mol. The van der Waals surface area contributed by atoms with E-state index in [0.717, 1.165) is 0 Å². The number of nitrogens with two attached hydrogens (primary N) is 1. The van der Waals surface area contributed by atoms with Crippen LogP contribution in [0.5, 0.6) is 0 Å². The Hall–Kier alpha value is -2.74. The van der Waals surface area contributed by atoms with E-state index in [-0.39, 0.29) is 5.82 Å². The van der Waals surface area contributed by atoms with Crippen LogP contribution >= 0.6 is 11.8 Å². The third kappa shape index (κ3) is 4.03. The highest BCUT2D eigenvalue weighted by Gasteiger charge is 2.44. The number of imidazole rings is 1. The van der Waals surface area contributed by atoms with E-state index in [1.54, 1.807) is 22.4 Å². The van der Waals surface area contributed by atoms with Crippen molar-refractivity contribution in [3.63, 3.8) is 0 Å². The molecule has 12 nitrogen and oxygen atoms in total. The summed E-state index contributed by atoms with van der Waals surface area (Å²) in [5.74, 6) is 2.01. The number of nitrogens with zero attached hydrogens (tertiary/aromatic N) is 5. The number of rotatable bonds is 7. The van der Waals surface area contributed by atoms with Gasteiger partial charge in [-0.05, 0) is 6.07 Å². The maximum Gasteiger partial charge on any atom is 0.346 e. The lowest BCUT2D eigenvalue weighted by atomic mass is 10.1. The zero-order chi connectivity index (χ0) is 20.4. The Morgan fingerprint density at radius 1 is 1.28 bits per heavy atom. The quantitative estimate of drug-likeness (QED) is 0.295. The predicted octanol–water partition coefficient (Wildman–Crippen LogP) is -1.04. The van der Waals surface area contributed by atoms with Gasteiger partial charge in [0.1, 0.15) is 29.9 Å². The fourth-order valence-electron chi connectivity index (χ4n) is 3.08. The number of anilines is 2. The third-order valence-electron chi connectivity index (χ3n) is 4.52. The van der Waals surface area contributed by atoms with Crippen molar-refractivity contribution in [2.75, 3.05) is 29.1 Å². The molecule has 0 aromatic carbocycles. The molecule has 1 aliphatic rings. The Bertz CT molecular complexity index is 1040. The van der Waals surface area contributed by atoms with E-state index in [0.29, 0.717) is 35.0 Å². The molecule has 1 saturated heterocycles. The number of hydrogen-bond acceptors (Lipinski definition) is 11. The van der Waals surface area contributed by atoms with Gasteiger partial charge in [-0.1, -0.05) is 0 Å². The number of aliphatic hydroxyl groups is 2. The van der Waals surface area contributed by atoms with E-state index < -0.39 is 30.2 Å². The minimum Gasteiger partial charge on any atom is -0.387 e. The SMILES string of the molecule is Nc1ncnc2c1ncn2[C@@H]1O[C@H](CSCCNc2ccnc(=O)[nH]2)[C@@H](O)[C@H]1O. The molecule has 29 heavy (non-hydrogen) atoms. The van der Waals surface area contributed by atoms with Crippen LogP contribution in [0.4, 0.5) is 11.6 Å². The molecule has 0 aliphatic carbocycles. The van der Waals surface area contributed by atoms with E-state index in [4.69, 9.17) is 10.5 Å². The van der Waals surface area contributed by atoms with Gasteiger partial charge in [0.25, 0.3) is 0 Å². The fraction of sp³-hybridized carbons (Fsp3) is 0.438. The van der Waals surface area contributed by atoms with E-state index in [1.165, 1.54) is 18.9 Å². The number of aliphatic hydroxyl groups excluding tert-OH is 2. The van der Waals surface area contributed by atoms with Gasteiger partial charge in [0, 0.05) is 24.2 Å². The van der Waals surface area contributed by atoms with Gasteiger partial charge in [-0.2, -0.15) is 11.8 Å². The van der Waals surface area contributed by atoms with Crippen molar-refractivity contribution in [3.8, 4) is 0 Å². The Balaban J connectivity index is 1.32. The van der Waals surface area contributed by atoms with Gasteiger partial charge >= 0.3 is 5.69 Å². The molecular weight excluding hydrogens is 400 g/mol. The van der Waals surface area contributed by atoms with Crippen LogP contribution in [-0.4, -0.2) is 76.1 Å². The molecule has 4 atom stereocenters. The Labute approximate surface area is 168 Å². The van der Waals surface area contributed by atoms with Crippen LogP contribution in [0.2, 0.25) is 0 Å². The van der Waals surface area contributed by atoms with Gasteiger partial charge in [0.05, 0.1) is 12.4 Å². The first-order chi connectivity index (χ1) is 14.0. The Morgan fingerprint density at radius 2 is 2.14 bits per heavy atom. The molecule has 4 heterocycles. The first-order valence-corrected chi connectivity index (χ1v) is 10.0. The molecule has 3 aromatic rings. The van der Waals surface area contributed by atoms with Crippen LogP contribution in [0.1, 0.15) is 6.23 Å². The number of thioether (sulfide) groups is 1. The van der Waals surface area contributed by atoms with Crippen molar-refractivity contribution in [2.45, 2.75) is 24.5 Å². The summed E-state index contributed by atoms with van der Waals surface area (Å²) in [6.45, 7) is 0.599. The molecule has 0 unspecified atom stereocenters. The Kier molecular flexibility index (Phi) is 5.62. The first-order valence-electron chi connectivity index (χ1n) is 8.86. The highest BCUT2D eigenvalue weighted by atomic mass is 32.2. The lowest BCUT2D eigenvalue weighted by Gasteiger charge is -2.16. The average Bonchev–Trinajstić information content (AvgIpc) is 3.25. The number of fused-ring (bicyclic) bond motifs is 1. The maximum atomic E-state index is 11.1. The zero-order valence-corrected chi connectivity index (χ0v) is 16.0. The van der Waals surface area contributed by atoms with Gasteiger partial charge < -0.3 is 26.0 Å². The molecule has 0 radical (unpaired) electrons. The summed E-state index contributed by atoms with van der Waals surface area (Å²) >= 11 is 1.55. The Morgan fingerprint density at radius 3 is 2.97 bits per heavy atom. The lowest BCUT2D eigenvalue weighted by Crippen LogP contribution is -2.32. The van der Waals surface area contributed by atoms with Crippen LogP contribution in [0.25, 0.3) is 11.2 Å². The molecule has 0 spiro atoms. The molecule has 1 fully saturated rings. The fourth-order valence-corrected chi connectivity index (χ4v) is 4.00. The summed E-state index contributed by atoms with van der Waals surface area (Å²) in [5, 5.41) is 23.9. The van der Waals surface area contributed by atoms with Crippen molar-refractivity contribution in [1.29, 1.82) is 0 Å². The molecule has 1 aliphatic heterocycles. The summed E-state index contributed by atoms with van der Waals surface area (Å²) < 4.78 is 7.43. The second kappa shape index (κ2) is 8.32. The van der Waals surface area contributed by atoms with Crippen LogP contribution < -0.4 is 16.7 Å². The average molecular weight is 420 g/mol. The molecule has 4 rings (SSSR count). The largest absolute Gasteiger partial charge is 0.387 e. The molecular formula is C16H20N8O4S. The molecule has 0 bridgehead atoms. The highest BCUT2D eigenvalue weighted by molar-refractivity contribution is 7.99. The lowest BCUT2D eigenvalue weighted by molar-refractivity contribution is -0.0288. The van der Waals surface area contributed by atoms with E-state index in [9.17, 15) is 15.0 Å². The second-order valence-corrected chi connectivity index (χ2v) is 7.57. The smallest absolute Gasteiger partial charge is 0.346 e. The van der Waals surface area contributed by atoms with Crippen LogP contribution in [0, 0.1) is 0 Å². The minimum absolute atomic E-state index is 0.233. The van der Waals surface area contributed by atoms with Crippen molar-refractivity contribution < 1.29 is 14.9 Å². The topological polar surface area (TPSA) is 177 Å². The van der Waals surface area contributed by atoms with Gasteiger partial charge in [-0.3, -0.25) is 9.55 Å². The van der Waals surface area contributed by atoms with Crippen LogP contribution in [0.15, 0.2) is 29.7 Å². The minimum atomic E-state index is -1.13. The molecule has 0 amide bonds. The highest BCUT2D eigenvalue weighted by Crippen LogP contribution is 2.33. The van der Waals surface area contributed by atoms with Crippen molar-refractivity contribution in [1.82, 2.24) is 29.5 Å². The molecule has 0 saturated carbocycles. The third-order valence-corrected chi connectivity index (χ3v) is 5.57. The van der Waals surface area contributed by atoms with Crippen LogP contribution in [-0.2, 0) is 4.74 Å². The number of ether oxygens (including phenoxy) is 1. The van der Waals surface area contributed by atoms with E-state index in [2.05, 4.69) is 30.2 Å². The van der Waals surface area contributed by atoms with Gasteiger partial charge in [0.2, 0.25) is 0 Å². The summed E-state index contributed by atoms with van der Waals surface area (Å²) in [5.41, 5.74) is 6.22. The maximum absolute atomic E-state index is 11.1. The second-order valence-electron chi connectivity index (χ2n) is 6.42. The zero-order valence-electron chi connectivity index (χ0n) is 15.2. The van der Waals surface area contributed by atoms with E-state index >= 15 is 0 Å². The van der Waals surface area contributed by atoms with Gasteiger partial charge in [-0.25, -0.2) is 24.7 Å². The predicted molar refractivity (Wildman–Crippen MR) is 106 cm³/mol. The summed E-state index contributed by atoms with van der Waals surface area (Å²) in [6, 6.07) is 1.67. The summed E-state index contributed by atoms with van der Waals surface area (Å²) in [6.07, 6.45) is 0.640. The molecule has 3 aromatic heterocycles. The number of aromatic nitrogens is 6. The number of nitrogen functional groups attached to an aromatic ring is 1. The molecule has 6 N–H and O–H groups in total. The van der Waals surface area contributed by atoms with Crippen molar-refractivity contribution in [3.05, 3.63) is 35.4 Å². The van der Waals surface area contributed by atoms with Crippen LogP contribution in [0.3, 0.4) is 0 Å². The van der Waals surface area contributed by atoms with Crippen molar-refractivity contribution in [2.24, 2.45) is 0 Å². The van der Waals surface area contributed by atoms with Gasteiger partial charge in [0.15, 0.2) is 17.7 Å². The summed E-state index contributed by atoms with van der Waals surface area (Å²) in [7, 11) is 0. The molecule has 154 valence electrons. The molecule has 13 heteroatoms. The number of hydrogen-bond donors (Lipinski definition) is 5. The first kappa shape index (κ1) is 19.6. The van der Waals surface area contributed by atoms with Gasteiger partial charge in [-0.15, -0.1) is 0 Å². The number of nitrogens with one attached hydrogen (secondary N) is 2. The summed E-state index contributed by atoms with van der Waals surface area (Å²) in [4.78, 5) is 29.5. The standard InChI is InChI=1S/C16H20N8O4S/c17-13-10-14(21-6-20-13)24(7-22-10)15-12(26)11(25)8(28-15)5-29-4-3-18-9-1-2-19-16(27)23-9/h1-2,6-8,11-12,15,25-26H,3-5H2,(H2,17,20,21)(H2,18,19,23,27)/t8-,11-,12-,15-/m1/s1. The number of aromatic amines is 1. The normalized spacial score (nSPS) is 24.2.